The molecule has 0 aliphatic rings. The van der Waals surface area contributed by atoms with Crippen molar-refractivity contribution >= 4 is 29.2 Å². The van der Waals surface area contributed by atoms with Crippen LogP contribution in [0.4, 0.5) is 4.39 Å². The fourth-order valence-corrected chi connectivity index (χ4v) is 3.02. The Morgan fingerprint density at radius 3 is 2.32 bits per heavy atom. The Balaban J connectivity index is 1.77. The summed E-state index contributed by atoms with van der Waals surface area (Å²) in [4.78, 5) is 23.9. The average molecular weight is 352 g/mol. The van der Waals surface area contributed by atoms with Gasteiger partial charge in [0.25, 0.3) is 0 Å². The quantitative estimate of drug-likeness (QED) is 0.510. The number of carbonyl (C=O) groups is 2. The zero-order chi connectivity index (χ0) is 17.8. The lowest BCUT2D eigenvalue weighted by atomic mass is 10.1. The lowest BCUT2D eigenvalue weighted by Gasteiger charge is -2.02. The number of halogens is 1. The highest BCUT2D eigenvalue weighted by Crippen LogP contribution is 2.26. The maximum Gasteiger partial charge on any atom is 0.335 e. The van der Waals surface area contributed by atoms with E-state index in [9.17, 15) is 14.0 Å². The summed E-state index contributed by atoms with van der Waals surface area (Å²) in [6.45, 7) is 0. The van der Waals surface area contributed by atoms with Crippen LogP contribution in [-0.2, 0) is 0 Å². The van der Waals surface area contributed by atoms with E-state index in [1.165, 1.54) is 53.8 Å². The van der Waals surface area contributed by atoms with E-state index in [4.69, 9.17) is 5.11 Å². The van der Waals surface area contributed by atoms with Gasteiger partial charge >= 0.3 is 5.97 Å². The van der Waals surface area contributed by atoms with Crippen molar-refractivity contribution in [1.29, 1.82) is 0 Å². The van der Waals surface area contributed by atoms with Crippen LogP contribution in [-0.4, -0.2) is 16.9 Å². The van der Waals surface area contributed by atoms with E-state index in [1.54, 1.807) is 12.1 Å². The van der Waals surface area contributed by atoms with Crippen molar-refractivity contribution < 1.29 is 19.1 Å². The van der Waals surface area contributed by atoms with E-state index in [-0.39, 0.29) is 11.3 Å². The van der Waals surface area contributed by atoms with E-state index in [0.717, 1.165) is 10.4 Å². The van der Waals surface area contributed by atoms with Crippen molar-refractivity contribution in [2.24, 2.45) is 0 Å². The molecule has 0 unspecified atom stereocenters. The fraction of sp³-hybridized carbons (Fsp3) is 0. The first-order chi connectivity index (χ1) is 12.0. The molecule has 3 aromatic rings. The number of hydrogen-bond acceptors (Lipinski definition) is 3. The first-order valence-electron chi connectivity index (χ1n) is 7.44. The second-order valence-electron chi connectivity index (χ2n) is 5.29. The second kappa shape index (κ2) is 7.23. The van der Waals surface area contributed by atoms with Crippen LogP contribution in [0.5, 0.6) is 0 Å². The van der Waals surface area contributed by atoms with Gasteiger partial charge in [0.2, 0.25) is 0 Å². The van der Waals surface area contributed by atoms with Gasteiger partial charge in [-0.1, -0.05) is 30.3 Å². The molecule has 0 aliphatic carbocycles. The third-order valence-electron chi connectivity index (χ3n) is 3.64. The van der Waals surface area contributed by atoms with Crippen molar-refractivity contribution in [1.82, 2.24) is 0 Å². The second-order valence-corrected chi connectivity index (χ2v) is 6.24. The molecule has 0 fully saturated rings. The van der Waals surface area contributed by atoms with Gasteiger partial charge < -0.3 is 5.11 Å². The lowest BCUT2D eigenvalue weighted by molar-refractivity contribution is 0.0696. The third kappa shape index (κ3) is 3.89. The van der Waals surface area contributed by atoms with Crippen LogP contribution in [0.3, 0.4) is 0 Å². The van der Waals surface area contributed by atoms with E-state index in [2.05, 4.69) is 0 Å². The highest BCUT2D eigenvalue weighted by atomic mass is 32.1. The number of aromatic carboxylic acids is 1. The van der Waals surface area contributed by atoms with Gasteiger partial charge in [-0.3, -0.25) is 4.79 Å². The topological polar surface area (TPSA) is 54.4 Å². The molecule has 0 aliphatic heterocycles. The summed E-state index contributed by atoms with van der Waals surface area (Å²) in [6, 6.07) is 14.3. The van der Waals surface area contributed by atoms with Crippen molar-refractivity contribution in [2.75, 3.05) is 0 Å². The molecule has 0 saturated carbocycles. The number of benzene rings is 2. The summed E-state index contributed by atoms with van der Waals surface area (Å²) in [6.07, 6.45) is 2.69. The molecule has 3 nitrogen and oxygen atoms in total. The zero-order valence-corrected chi connectivity index (χ0v) is 13.8. The Hall–Kier alpha value is -3.05. The molecule has 1 aromatic heterocycles. The van der Waals surface area contributed by atoms with Crippen LogP contribution in [0.1, 0.15) is 26.3 Å². The summed E-state index contributed by atoms with van der Waals surface area (Å²) in [5.41, 5.74) is 1.56. The molecule has 3 rings (SSSR count). The van der Waals surface area contributed by atoms with Crippen LogP contribution in [0.25, 0.3) is 16.5 Å². The molecule has 124 valence electrons. The average Bonchev–Trinajstić information content (AvgIpc) is 3.15. The number of ketones is 1. The number of allylic oxidation sites excluding steroid dienone is 1. The number of carbonyl (C=O) groups excluding carboxylic acids is 1. The van der Waals surface area contributed by atoms with Gasteiger partial charge in [-0.15, -0.1) is 11.3 Å². The summed E-state index contributed by atoms with van der Waals surface area (Å²) < 4.78 is 14.2. The molecule has 2 aromatic carbocycles. The number of carboxylic acids is 1. The highest BCUT2D eigenvalue weighted by molar-refractivity contribution is 7.13. The molecule has 0 radical (unpaired) electrons. The van der Waals surface area contributed by atoms with E-state index in [0.29, 0.717) is 11.1 Å². The molecular weight excluding hydrogens is 339 g/mol. The normalized spacial score (nSPS) is 10.9. The minimum absolute atomic E-state index is 0.107. The minimum atomic E-state index is -1.05. The summed E-state index contributed by atoms with van der Waals surface area (Å²) in [7, 11) is 0. The van der Waals surface area contributed by atoms with Crippen LogP contribution < -0.4 is 0 Å². The molecule has 0 bridgehead atoms. The van der Waals surface area contributed by atoms with Crippen molar-refractivity contribution in [3.05, 3.63) is 88.6 Å². The summed E-state index contributed by atoms with van der Waals surface area (Å²) in [5.74, 6) is -1.78. The lowest BCUT2D eigenvalue weighted by Crippen LogP contribution is -1.99. The van der Waals surface area contributed by atoms with Gasteiger partial charge in [0.1, 0.15) is 5.82 Å². The predicted octanol–water partition coefficient (Wildman–Crippen LogP) is 5.15. The Morgan fingerprint density at radius 1 is 1.00 bits per heavy atom. The van der Waals surface area contributed by atoms with E-state index >= 15 is 0 Å². The number of rotatable bonds is 5. The van der Waals surface area contributed by atoms with Crippen LogP contribution in [0, 0.1) is 5.82 Å². The fourth-order valence-electron chi connectivity index (χ4n) is 2.30. The van der Waals surface area contributed by atoms with Crippen LogP contribution in [0.15, 0.2) is 66.1 Å². The molecule has 0 saturated heterocycles. The molecular formula is C20H13FO3S. The molecule has 1 N–H and O–H groups in total. The first kappa shape index (κ1) is 16.8. The maximum atomic E-state index is 14.2. The largest absolute Gasteiger partial charge is 0.478 e. The van der Waals surface area contributed by atoms with Crippen LogP contribution >= 0.6 is 11.3 Å². The Labute approximate surface area is 147 Å². The third-order valence-corrected chi connectivity index (χ3v) is 4.56. The zero-order valence-electron chi connectivity index (χ0n) is 13.0. The SMILES string of the molecule is O=C(O)c1ccc(C(=O)/C=C/c2ccc(-c3cccs3)cc2F)cc1. The van der Waals surface area contributed by atoms with E-state index in [1.807, 2.05) is 17.5 Å². The van der Waals surface area contributed by atoms with Gasteiger partial charge in [-0.25, -0.2) is 9.18 Å². The number of thiophene rings is 1. The summed E-state index contributed by atoms with van der Waals surface area (Å²) >= 11 is 1.53. The molecule has 0 spiro atoms. The Kier molecular flexibility index (Phi) is 4.86. The van der Waals surface area contributed by atoms with Crippen LogP contribution in [0.2, 0.25) is 0 Å². The Morgan fingerprint density at radius 2 is 1.72 bits per heavy atom. The first-order valence-corrected chi connectivity index (χ1v) is 8.32. The summed E-state index contributed by atoms with van der Waals surface area (Å²) in [5, 5.41) is 10.8. The molecule has 1 heterocycles. The molecule has 25 heavy (non-hydrogen) atoms. The van der Waals surface area contributed by atoms with Gasteiger partial charge in [-0.2, -0.15) is 0 Å². The predicted molar refractivity (Wildman–Crippen MR) is 96.5 cm³/mol. The minimum Gasteiger partial charge on any atom is -0.478 e. The maximum absolute atomic E-state index is 14.2. The van der Waals surface area contributed by atoms with E-state index < -0.39 is 11.8 Å². The molecule has 0 amide bonds. The van der Waals surface area contributed by atoms with Gasteiger partial charge in [0, 0.05) is 16.0 Å². The van der Waals surface area contributed by atoms with Crippen molar-refractivity contribution in [3.8, 4) is 10.4 Å². The standard InChI is InChI=1S/C20H13FO3S/c21-17-12-16(19-2-1-11-25-19)8-3-13(17)9-10-18(22)14-4-6-15(7-5-14)20(23)24/h1-12H,(H,23,24)/b10-9+. The number of carboxylic acid groups (broad SMARTS) is 1. The van der Waals surface area contributed by atoms with Gasteiger partial charge in [0.15, 0.2) is 5.78 Å². The highest BCUT2D eigenvalue weighted by Gasteiger charge is 2.07. The number of hydrogen-bond donors (Lipinski definition) is 1. The molecule has 5 heteroatoms. The van der Waals surface area contributed by atoms with Crippen molar-refractivity contribution in [3.63, 3.8) is 0 Å². The smallest absolute Gasteiger partial charge is 0.335 e. The Bertz CT molecular complexity index is 942. The molecule has 0 atom stereocenters. The van der Waals surface area contributed by atoms with Gasteiger partial charge in [0.05, 0.1) is 5.56 Å². The monoisotopic (exact) mass is 352 g/mol. The van der Waals surface area contributed by atoms with Gasteiger partial charge in [-0.05, 0) is 47.4 Å². The van der Waals surface area contributed by atoms with Crippen molar-refractivity contribution in [2.45, 2.75) is 0 Å².